The molecule has 0 aromatic carbocycles. The second kappa shape index (κ2) is 7.43. The van der Waals surface area contributed by atoms with Crippen LogP contribution in [0.4, 0.5) is 0 Å². The van der Waals surface area contributed by atoms with Gasteiger partial charge in [0.05, 0.1) is 0 Å². The lowest BCUT2D eigenvalue weighted by atomic mass is 10.2. The Labute approximate surface area is 90.2 Å². The van der Waals surface area contributed by atoms with Gasteiger partial charge in [-0.3, -0.25) is 0 Å². The zero-order valence-corrected chi connectivity index (χ0v) is 11.4. The molecule has 0 aromatic heterocycles. The van der Waals surface area contributed by atoms with Crippen LogP contribution < -0.4 is 0 Å². The minimum atomic E-state index is -1.84. The standard InChI is InChI=1S/C11H26O2Si/c1-6-10-11(5)13-14(8-3,9-4)12-7-2/h11H,6-10H2,1-5H3. The molecule has 0 aliphatic carbocycles. The van der Waals surface area contributed by atoms with Gasteiger partial charge in [-0.05, 0) is 32.4 Å². The minimum Gasteiger partial charge on any atom is -0.394 e. The highest BCUT2D eigenvalue weighted by atomic mass is 28.4. The van der Waals surface area contributed by atoms with Crippen LogP contribution in [0.25, 0.3) is 0 Å². The fourth-order valence-electron chi connectivity index (χ4n) is 1.75. The fraction of sp³-hybridized carbons (Fsp3) is 1.00. The largest absolute Gasteiger partial charge is 0.394 e. The van der Waals surface area contributed by atoms with Crippen molar-refractivity contribution in [2.75, 3.05) is 6.61 Å². The zero-order chi connectivity index (χ0) is 11.0. The Morgan fingerprint density at radius 2 is 1.64 bits per heavy atom. The monoisotopic (exact) mass is 218 g/mol. The molecule has 0 radical (unpaired) electrons. The summed E-state index contributed by atoms with van der Waals surface area (Å²) in [6.45, 7) is 11.6. The normalized spacial score (nSPS) is 14.4. The lowest BCUT2D eigenvalue weighted by molar-refractivity contribution is 0.121. The average Bonchev–Trinajstić information content (AvgIpc) is 2.17. The first-order valence-electron chi connectivity index (χ1n) is 5.95. The Bertz CT molecular complexity index is 135. The summed E-state index contributed by atoms with van der Waals surface area (Å²) in [5, 5.41) is 0. The Kier molecular flexibility index (Phi) is 7.50. The highest BCUT2D eigenvalue weighted by Crippen LogP contribution is 2.21. The van der Waals surface area contributed by atoms with Crippen molar-refractivity contribution >= 4 is 8.56 Å². The van der Waals surface area contributed by atoms with Gasteiger partial charge in [-0.2, -0.15) is 0 Å². The molecule has 0 aromatic rings. The zero-order valence-electron chi connectivity index (χ0n) is 10.4. The van der Waals surface area contributed by atoms with Crippen LogP contribution >= 0.6 is 0 Å². The van der Waals surface area contributed by atoms with Crippen molar-refractivity contribution in [1.82, 2.24) is 0 Å². The van der Waals surface area contributed by atoms with Crippen LogP contribution in [0.5, 0.6) is 0 Å². The maximum absolute atomic E-state index is 6.13. The first-order chi connectivity index (χ1) is 6.64. The van der Waals surface area contributed by atoms with Gasteiger partial charge in [-0.15, -0.1) is 0 Å². The second-order valence-electron chi connectivity index (χ2n) is 3.77. The summed E-state index contributed by atoms with van der Waals surface area (Å²) in [6, 6.07) is 2.12. The highest BCUT2D eigenvalue weighted by Gasteiger charge is 2.34. The van der Waals surface area contributed by atoms with E-state index >= 15 is 0 Å². The smallest absolute Gasteiger partial charge is 0.337 e. The molecule has 0 aliphatic rings. The Hall–Kier alpha value is 0.137. The molecule has 0 heterocycles. The lowest BCUT2D eigenvalue weighted by Crippen LogP contribution is -2.43. The van der Waals surface area contributed by atoms with E-state index in [0.717, 1.165) is 25.1 Å². The summed E-state index contributed by atoms with van der Waals surface area (Å²) in [5.41, 5.74) is 0. The lowest BCUT2D eigenvalue weighted by Gasteiger charge is -2.31. The quantitative estimate of drug-likeness (QED) is 0.578. The SMILES string of the molecule is CCCC(C)O[Si](CC)(CC)OCC. The first-order valence-corrected chi connectivity index (χ1v) is 8.18. The molecule has 0 rings (SSSR count). The summed E-state index contributed by atoms with van der Waals surface area (Å²) in [7, 11) is -1.84. The van der Waals surface area contributed by atoms with Gasteiger partial charge in [0, 0.05) is 12.7 Å². The maximum atomic E-state index is 6.13. The van der Waals surface area contributed by atoms with Crippen LogP contribution in [0, 0.1) is 0 Å². The predicted molar refractivity (Wildman–Crippen MR) is 63.8 cm³/mol. The van der Waals surface area contributed by atoms with Gasteiger partial charge < -0.3 is 8.85 Å². The minimum absolute atomic E-state index is 0.359. The van der Waals surface area contributed by atoms with Crippen LogP contribution in [0.2, 0.25) is 12.1 Å². The molecule has 2 nitrogen and oxygen atoms in total. The molecule has 3 heteroatoms. The third-order valence-electron chi connectivity index (χ3n) is 2.60. The Balaban J connectivity index is 4.18. The van der Waals surface area contributed by atoms with E-state index in [2.05, 4.69) is 34.6 Å². The van der Waals surface area contributed by atoms with Gasteiger partial charge in [0.25, 0.3) is 0 Å². The molecular formula is C11H26O2Si. The van der Waals surface area contributed by atoms with Crippen LogP contribution in [-0.4, -0.2) is 21.3 Å². The van der Waals surface area contributed by atoms with E-state index in [0.29, 0.717) is 6.10 Å². The summed E-state index contributed by atoms with van der Waals surface area (Å²) < 4.78 is 12.0. The molecule has 0 saturated carbocycles. The number of hydrogen-bond acceptors (Lipinski definition) is 2. The van der Waals surface area contributed by atoms with E-state index in [-0.39, 0.29) is 0 Å². The van der Waals surface area contributed by atoms with Gasteiger partial charge in [0.1, 0.15) is 0 Å². The molecule has 1 unspecified atom stereocenters. The fourth-order valence-corrected chi connectivity index (χ4v) is 4.44. The molecule has 0 fully saturated rings. The predicted octanol–water partition coefficient (Wildman–Crippen LogP) is 3.71. The summed E-state index contributed by atoms with van der Waals surface area (Å²) >= 11 is 0. The molecule has 86 valence electrons. The molecule has 0 aliphatic heterocycles. The molecule has 0 saturated heterocycles. The molecule has 0 amide bonds. The van der Waals surface area contributed by atoms with Crippen LogP contribution in [0.15, 0.2) is 0 Å². The van der Waals surface area contributed by atoms with E-state index in [1.807, 2.05) is 0 Å². The van der Waals surface area contributed by atoms with Gasteiger partial charge in [0.15, 0.2) is 0 Å². The molecule has 0 bridgehead atoms. The first kappa shape index (κ1) is 14.1. The van der Waals surface area contributed by atoms with E-state index in [1.165, 1.54) is 6.42 Å². The van der Waals surface area contributed by atoms with Crippen LogP contribution in [-0.2, 0) is 8.85 Å². The van der Waals surface area contributed by atoms with E-state index < -0.39 is 8.56 Å². The number of rotatable bonds is 8. The van der Waals surface area contributed by atoms with Crippen molar-refractivity contribution in [1.29, 1.82) is 0 Å². The Morgan fingerprint density at radius 3 is 2.00 bits per heavy atom. The third-order valence-corrected chi connectivity index (χ3v) is 6.40. The topological polar surface area (TPSA) is 18.5 Å². The molecule has 14 heavy (non-hydrogen) atoms. The summed E-state index contributed by atoms with van der Waals surface area (Å²) in [5.74, 6) is 0. The molecule has 1 atom stereocenters. The van der Waals surface area contributed by atoms with E-state index in [4.69, 9.17) is 8.85 Å². The van der Waals surface area contributed by atoms with Crippen molar-refractivity contribution in [3.05, 3.63) is 0 Å². The molecular weight excluding hydrogens is 192 g/mol. The summed E-state index contributed by atoms with van der Waals surface area (Å²) in [6.07, 6.45) is 2.69. The van der Waals surface area contributed by atoms with E-state index in [1.54, 1.807) is 0 Å². The van der Waals surface area contributed by atoms with Crippen molar-refractivity contribution in [3.8, 4) is 0 Å². The third kappa shape index (κ3) is 4.58. The Morgan fingerprint density at radius 1 is 1.07 bits per heavy atom. The molecule has 0 spiro atoms. The van der Waals surface area contributed by atoms with Crippen molar-refractivity contribution < 1.29 is 8.85 Å². The van der Waals surface area contributed by atoms with Crippen molar-refractivity contribution in [3.63, 3.8) is 0 Å². The maximum Gasteiger partial charge on any atom is 0.337 e. The van der Waals surface area contributed by atoms with Gasteiger partial charge in [-0.1, -0.05) is 27.2 Å². The van der Waals surface area contributed by atoms with Crippen LogP contribution in [0.3, 0.4) is 0 Å². The summed E-state index contributed by atoms with van der Waals surface area (Å²) in [4.78, 5) is 0. The van der Waals surface area contributed by atoms with Crippen LogP contribution in [0.1, 0.15) is 47.5 Å². The van der Waals surface area contributed by atoms with Gasteiger partial charge in [-0.25, -0.2) is 0 Å². The van der Waals surface area contributed by atoms with E-state index in [9.17, 15) is 0 Å². The molecule has 0 N–H and O–H groups in total. The highest BCUT2D eigenvalue weighted by molar-refractivity contribution is 6.67. The van der Waals surface area contributed by atoms with Gasteiger partial charge >= 0.3 is 8.56 Å². The van der Waals surface area contributed by atoms with Crippen molar-refractivity contribution in [2.45, 2.75) is 65.7 Å². The van der Waals surface area contributed by atoms with Crippen molar-refractivity contribution in [2.24, 2.45) is 0 Å². The van der Waals surface area contributed by atoms with Gasteiger partial charge in [0.2, 0.25) is 0 Å². The second-order valence-corrected chi connectivity index (χ2v) is 7.53. The number of hydrogen-bond donors (Lipinski definition) is 0. The average molecular weight is 218 g/mol.